The molecule has 3 heteroatoms. The summed E-state index contributed by atoms with van der Waals surface area (Å²) in [6, 6.07) is 9.46. The average molecular weight is 236 g/mol. The number of unbranched alkanes of at least 4 members (excludes halogenated alkanes) is 2. The maximum Gasteiger partial charge on any atom is 0.335 e. The van der Waals surface area contributed by atoms with Crippen LogP contribution in [0.15, 0.2) is 30.3 Å². The van der Waals surface area contributed by atoms with E-state index in [1.54, 1.807) is 0 Å². The lowest BCUT2D eigenvalue weighted by Gasteiger charge is -2.10. The quantitative estimate of drug-likeness (QED) is 0.585. The molecule has 0 aliphatic carbocycles. The van der Waals surface area contributed by atoms with E-state index in [-0.39, 0.29) is 6.61 Å². The second-order valence-corrected chi connectivity index (χ2v) is 4.10. The molecule has 0 aromatic heterocycles. The molecule has 0 saturated carbocycles. The molecule has 0 radical (unpaired) electrons. The fraction of sp³-hybridized carbons (Fsp3) is 0.500. The normalized spacial score (nSPS) is 12.1. The molecular weight excluding hydrogens is 216 g/mol. The maximum atomic E-state index is 11.4. The molecule has 0 spiro atoms. The topological polar surface area (TPSA) is 46.5 Å². The van der Waals surface area contributed by atoms with E-state index in [1.807, 2.05) is 30.3 Å². The van der Waals surface area contributed by atoms with Gasteiger partial charge in [0.05, 0.1) is 0 Å². The molecule has 0 fully saturated rings. The minimum atomic E-state index is -0.981. The first-order valence-corrected chi connectivity index (χ1v) is 6.12. The van der Waals surface area contributed by atoms with Crippen molar-refractivity contribution >= 4 is 5.97 Å². The number of hydrogen-bond donors (Lipinski definition) is 1. The van der Waals surface area contributed by atoms with Crippen LogP contribution < -0.4 is 0 Å². The summed E-state index contributed by atoms with van der Waals surface area (Å²) in [6.45, 7) is 2.31. The van der Waals surface area contributed by atoms with Gasteiger partial charge in [0, 0.05) is 0 Å². The Balaban J connectivity index is 2.24. The molecule has 1 atom stereocenters. The Bertz CT molecular complexity index is 321. The summed E-state index contributed by atoms with van der Waals surface area (Å²) < 4.78 is 5.03. The fourth-order valence-electron chi connectivity index (χ4n) is 1.53. The van der Waals surface area contributed by atoms with Crippen molar-refractivity contribution in [1.82, 2.24) is 0 Å². The molecule has 0 amide bonds. The van der Waals surface area contributed by atoms with Crippen LogP contribution in [-0.2, 0) is 16.1 Å². The highest BCUT2D eigenvalue weighted by Crippen LogP contribution is 2.07. The highest BCUT2D eigenvalue weighted by Gasteiger charge is 2.15. The van der Waals surface area contributed by atoms with Crippen molar-refractivity contribution < 1.29 is 14.6 Å². The molecule has 17 heavy (non-hydrogen) atoms. The zero-order chi connectivity index (χ0) is 12.5. The third-order valence-corrected chi connectivity index (χ3v) is 2.58. The van der Waals surface area contributed by atoms with Gasteiger partial charge in [0.25, 0.3) is 0 Å². The Morgan fingerprint density at radius 1 is 1.29 bits per heavy atom. The number of hydrogen-bond acceptors (Lipinski definition) is 3. The van der Waals surface area contributed by atoms with Gasteiger partial charge in [0.15, 0.2) is 6.10 Å². The summed E-state index contributed by atoms with van der Waals surface area (Å²) >= 11 is 0. The number of rotatable bonds is 7. The van der Waals surface area contributed by atoms with Crippen molar-refractivity contribution in [2.45, 2.75) is 45.3 Å². The average Bonchev–Trinajstić information content (AvgIpc) is 2.37. The molecular formula is C14H20O3. The molecule has 1 rings (SSSR count). The Morgan fingerprint density at radius 3 is 2.65 bits per heavy atom. The molecule has 0 aliphatic rings. The summed E-state index contributed by atoms with van der Waals surface area (Å²) in [5.41, 5.74) is 0.932. The predicted octanol–water partition coefficient (Wildman–Crippen LogP) is 2.67. The van der Waals surface area contributed by atoms with Crippen molar-refractivity contribution in [2.24, 2.45) is 0 Å². The zero-order valence-corrected chi connectivity index (χ0v) is 10.3. The highest BCUT2D eigenvalue weighted by molar-refractivity contribution is 5.74. The largest absolute Gasteiger partial charge is 0.459 e. The van der Waals surface area contributed by atoms with Gasteiger partial charge in [-0.25, -0.2) is 4.79 Å². The van der Waals surface area contributed by atoms with E-state index in [2.05, 4.69) is 6.92 Å². The molecule has 0 aliphatic heterocycles. The van der Waals surface area contributed by atoms with Gasteiger partial charge in [0.1, 0.15) is 6.61 Å². The van der Waals surface area contributed by atoms with Crippen LogP contribution in [-0.4, -0.2) is 17.2 Å². The Hall–Kier alpha value is -1.35. The van der Waals surface area contributed by atoms with Crippen molar-refractivity contribution in [2.75, 3.05) is 0 Å². The maximum absolute atomic E-state index is 11.4. The van der Waals surface area contributed by atoms with E-state index >= 15 is 0 Å². The van der Waals surface area contributed by atoms with Crippen LogP contribution in [0.5, 0.6) is 0 Å². The molecule has 3 nitrogen and oxygen atoms in total. The first-order valence-electron chi connectivity index (χ1n) is 6.12. The smallest absolute Gasteiger partial charge is 0.335 e. The lowest BCUT2D eigenvalue weighted by molar-refractivity contribution is -0.155. The number of carbonyl (C=O) groups is 1. The number of ether oxygens (including phenoxy) is 1. The number of aliphatic hydroxyl groups is 1. The van der Waals surface area contributed by atoms with Crippen molar-refractivity contribution in [3.05, 3.63) is 35.9 Å². The number of aliphatic hydroxyl groups excluding tert-OH is 1. The van der Waals surface area contributed by atoms with Gasteiger partial charge in [-0.3, -0.25) is 0 Å². The summed E-state index contributed by atoms with van der Waals surface area (Å²) in [6.07, 6.45) is 2.47. The SMILES string of the molecule is CCCCC[C@@H](O)C(=O)OCc1ccccc1. The van der Waals surface area contributed by atoms with Crippen molar-refractivity contribution in [3.8, 4) is 0 Å². The van der Waals surface area contributed by atoms with E-state index in [1.165, 1.54) is 0 Å². The van der Waals surface area contributed by atoms with Crippen LogP contribution in [0.3, 0.4) is 0 Å². The van der Waals surface area contributed by atoms with Gasteiger partial charge in [0.2, 0.25) is 0 Å². The second-order valence-electron chi connectivity index (χ2n) is 4.10. The summed E-state index contributed by atoms with van der Waals surface area (Å²) in [5.74, 6) is -0.523. The van der Waals surface area contributed by atoms with Crippen LogP contribution >= 0.6 is 0 Å². The lowest BCUT2D eigenvalue weighted by atomic mass is 10.1. The van der Waals surface area contributed by atoms with E-state index in [0.717, 1.165) is 24.8 Å². The van der Waals surface area contributed by atoms with Crippen LogP contribution in [0.25, 0.3) is 0 Å². The van der Waals surface area contributed by atoms with Crippen molar-refractivity contribution in [3.63, 3.8) is 0 Å². The van der Waals surface area contributed by atoms with Gasteiger partial charge in [-0.15, -0.1) is 0 Å². The van der Waals surface area contributed by atoms with Gasteiger partial charge in [-0.2, -0.15) is 0 Å². The van der Waals surface area contributed by atoms with Crippen LogP contribution in [0, 0.1) is 0 Å². The first kappa shape index (κ1) is 13.7. The van der Waals surface area contributed by atoms with E-state index in [0.29, 0.717) is 6.42 Å². The molecule has 94 valence electrons. The lowest BCUT2D eigenvalue weighted by Crippen LogP contribution is -2.22. The zero-order valence-electron chi connectivity index (χ0n) is 10.3. The Kier molecular flexibility index (Phi) is 6.33. The first-order chi connectivity index (χ1) is 8.24. The monoisotopic (exact) mass is 236 g/mol. The Labute approximate surface area is 102 Å². The summed E-state index contributed by atoms with van der Waals surface area (Å²) in [7, 11) is 0. The molecule has 1 aromatic carbocycles. The second kappa shape index (κ2) is 7.85. The molecule has 0 bridgehead atoms. The number of esters is 1. The van der Waals surface area contributed by atoms with E-state index in [9.17, 15) is 9.90 Å². The minimum absolute atomic E-state index is 0.227. The molecule has 0 unspecified atom stereocenters. The Morgan fingerprint density at radius 2 is 2.00 bits per heavy atom. The predicted molar refractivity (Wildman–Crippen MR) is 66.4 cm³/mol. The van der Waals surface area contributed by atoms with Crippen LogP contribution in [0.4, 0.5) is 0 Å². The fourth-order valence-corrected chi connectivity index (χ4v) is 1.53. The van der Waals surface area contributed by atoms with Gasteiger partial charge in [-0.1, -0.05) is 56.5 Å². The third-order valence-electron chi connectivity index (χ3n) is 2.58. The van der Waals surface area contributed by atoms with Crippen LogP contribution in [0.1, 0.15) is 38.2 Å². The van der Waals surface area contributed by atoms with E-state index < -0.39 is 12.1 Å². The van der Waals surface area contributed by atoms with E-state index in [4.69, 9.17) is 4.74 Å². The third kappa shape index (κ3) is 5.50. The van der Waals surface area contributed by atoms with Gasteiger partial charge >= 0.3 is 5.97 Å². The molecule has 1 N–H and O–H groups in total. The molecule has 0 heterocycles. The van der Waals surface area contributed by atoms with Crippen LogP contribution in [0.2, 0.25) is 0 Å². The highest BCUT2D eigenvalue weighted by atomic mass is 16.5. The van der Waals surface area contributed by atoms with Crippen molar-refractivity contribution in [1.29, 1.82) is 0 Å². The summed E-state index contributed by atoms with van der Waals surface area (Å²) in [5, 5.41) is 9.55. The standard InChI is InChI=1S/C14H20O3/c1-2-3-5-10-13(15)14(16)17-11-12-8-6-4-7-9-12/h4,6-9,13,15H,2-3,5,10-11H2,1H3/t13-/m1/s1. The van der Waals surface area contributed by atoms with Gasteiger partial charge in [-0.05, 0) is 12.0 Å². The molecule has 0 saturated heterocycles. The molecule has 1 aromatic rings. The number of carbonyl (C=O) groups excluding carboxylic acids is 1. The number of benzene rings is 1. The summed E-state index contributed by atoms with van der Waals surface area (Å²) in [4.78, 5) is 11.4. The van der Waals surface area contributed by atoms with Gasteiger partial charge < -0.3 is 9.84 Å². The minimum Gasteiger partial charge on any atom is -0.459 e.